The smallest absolute Gasteiger partial charge is 0.311 e. The van der Waals surface area contributed by atoms with E-state index in [1.165, 1.54) is 37.8 Å². The number of esters is 2. The quantitative estimate of drug-likeness (QED) is 0.0496. The molecule has 3 atom stereocenters. The van der Waals surface area contributed by atoms with Crippen LogP contribution in [0.15, 0.2) is 54.6 Å². The number of ether oxygens (including phenoxy) is 2. The third-order valence-electron chi connectivity index (χ3n) is 8.66. The molecule has 0 amide bonds. The van der Waals surface area contributed by atoms with Crippen molar-refractivity contribution in [3.05, 3.63) is 100 Å². The summed E-state index contributed by atoms with van der Waals surface area (Å²) in [6, 6.07) is 20.7. The maximum absolute atomic E-state index is 13.3. The van der Waals surface area contributed by atoms with Crippen LogP contribution in [0.2, 0.25) is 0 Å². The number of rotatable bonds is 12. The average Bonchev–Trinajstić information content (AvgIpc) is 3.16. The van der Waals surface area contributed by atoms with Gasteiger partial charge in [0.25, 0.3) is 0 Å². The van der Waals surface area contributed by atoms with Gasteiger partial charge in [-0.1, -0.05) is 90.9 Å². The summed E-state index contributed by atoms with van der Waals surface area (Å²) >= 11 is 0. The lowest BCUT2D eigenvalue weighted by Gasteiger charge is -2.20. The number of benzene rings is 3. The van der Waals surface area contributed by atoms with Crippen LogP contribution in [-0.2, 0) is 25.7 Å². The van der Waals surface area contributed by atoms with Crippen molar-refractivity contribution in [2.45, 2.75) is 113 Å². The highest BCUT2D eigenvalue weighted by Gasteiger charge is 2.30. The fourth-order valence-corrected chi connectivity index (χ4v) is 3.84. The summed E-state index contributed by atoms with van der Waals surface area (Å²) < 4.78 is 74.7. The van der Waals surface area contributed by atoms with Crippen LogP contribution >= 0.6 is 0 Å². The molecule has 0 aliphatic carbocycles. The predicted molar refractivity (Wildman–Crippen MR) is 195 cm³/mol. The van der Waals surface area contributed by atoms with Gasteiger partial charge in [0.05, 0.1) is 29.4 Å². The second-order valence-corrected chi connectivity index (χ2v) is 12.9. The molecule has 3 unspecified atom stereocenters. The molecular formula is C41H55F5N2O4. The van der Waals surface area contributed by atoms with Crippen molar-refractivity contribution < 1.29 is 41.0 Å². The van der Waals surface area contributed by atoms with Crippen LogP contribution in [-0.4, -0.2) is 18.5 Å². The molecule has 6 nitrogen and oxygen atoms in total. The Morgan fingerprint density at radius 2 is 1.19 bits per heavy atom. The van der Waals surface area contributed by atoms with Gasteiger partial charge in [0.15, 0.2) is 23.3 Å². The zero-order valence-electron chi connectivity index (χ0n) is 31.9. The number of halogens is 5. The second-order valence-electron chi connectivity index (χ2n) is 12.9. The van der Waals surface area contributed by atoms with Crippen LogP contribution in [0.25, 0.3) is 0 Å². The Hall–Kier alpha value is -4.46. The van der Waals surface area contributed by atoms with E-state index < -0.39 is 52.6 Å². The fourth-order valence-electron chi connectivity index (χ4n) is 3.84. The molecular weight excluding hydrogens is 679 g/mol. The van der Waals surface area contributed by atoms with Crippen LogP contribution in [0.3, 0.4) is 0 Å². The second kappa shape index (κ2) is 24.7. The van der Waals surface area contributed by atoms with E-state index >= 15 is 0 Å². The highest BCUT2D eigenvalue weighted by atomic mass is 19.2. The van der Waals surface area contributed by atoms with Crippen LogP contribution < -0.4 is 5.73 Å². The summed E-state index contributed by atoms with van der Waals surface area (Å²) in [7, 11) is 0. The van der Waals surface area contributed by atoms with E-state index in [4.69, 9.17) is 15.7 Å². The topological polar surface area (TPSA) is 102 Å². The van der Waals surface area contributed by atoms with E-state index in [2.05, 4.69) is 74.9 Å². The molecule has 0 saturated heterocycles. The van der Waals surface area contributed by atoms with E-state index in [-0.39, 0.29) is 24.9 Å². The van der Waals surface area contributed by atoms with Gasteiger partial charge < -0.3 is 15.2 Å². The zero-order chi connectivity index (χ0) is 40.0. The summed E-state index contributed by atoms with van der Waals surface area (Å²) in [5.41, 5.74) is 7.16. The number of nitriles is 1. The number of nitrogens with two attached hydrogens (primary N) is 1. The molecule has 0 aliphatic rings. The van der Waals surface area contributed by atoms with Gasteiger partial charge >= 0.3 is 11.9 Å². The molecule has 0 radical (unpaired) electrons. The molecule has 0 heterocycles. The summed E-state index contributed by atoms with van der Waals surface area (Å²) in [5, 5.41) is 8.13. The molecule has 52 heavy (non-hydrogen) atoms. The number of anilines is 1. The van der Waals surface area contributed by atoms with Crippen LogP contribution in [0, 0.1) is 51.8 Å². The van der Waals surface area contributed by atoms with E-state index in [0.717, 1.165) is 12.1 Å². The largest absolute Gasteiger partial charge is 0.464 e. The third-order valence-corrected chi connectivity index (χ3v) is 8.66. The lowest BCUT2D eigenvalue weighted by molar-refractivity contribution is -0.155. The summed E-state index contributed by atoms with van der Waals surface area (Å²) in [6.45, 7) is 16.6. The Balaban J connectivity index is 0.000000701. The maximum Gasteiger partial charge on any atom is 0.311 e. The van der Waals surface area contributed by atoms with Crippen molar-refractivity contribution in [3.63, 3.8) is 0 Å². The van der Waals surface area contributed by atoms with Crippen molar-refractivity contribution >= 4 is 17.6 Å². The number of hydrogen-bond acceptors (Lipinski definition) is 6. The number of carbonyl (C=O) groups is 2. The number of nitrogens with zero attached hydrogens (tertiary/aromatic N) is 1. The van der Waals surface area contributed by atoms with Gasteiger partial charge in [0.1, 0.15) is 13.2 Å². The standard InChI is InChI=1S/C13H13F5O2.C10H15N.C10H14.C8H13NO2/c1-4-13(2,3)12(19)20-5-6-7(14)9(16)11(18)10(17)8(6)15;1-3-8(2)9-4-6-10(11)7-5-9;1-3-9(2)10-7-5-4-6-8-10;1-3-7(2)8(10)11-6-4-5-9/h4-5H2,1-3H3;4-8H,3,11H2,1-2H3;4-9H,3H2,1-2H3;7H,3-4,6H2,1-2H3. The lowest BCUT2D eigenvalue weighted by Crippen LogP contribution is -2.26. The first-order valence-corrected chi connectivity index (χ1v) is 17.5. The van der Waals surface area contributed by atoms with Crippen LogP contribution in [0.1, 0.15) is 123 Å². The molecule has 0 saturated carbocycles. The molecule has 288 valence electrons. The van der Waals surface area contributed by atoms with Crippen molar-refractivity contribution in [2.75, 3.05) is 12.3 Å². The van der Waals surface area contributed by atoms with Crippen molar-refractivity contribution in [3.8, 4) is 6.07 Å². The van der Waals surface area contributed by atoms with E-state index in [1.807, 2.05) is 32.0 Å². The number of nitrogen functional groups attached to an aromatic ring is 1. The first-order valence-electron chi connectivity index (χ1n) is 17.5. The molecule has 3 aromatic carbocycles. The molecule has 0 aromatic heterocycles. The Kier molecular flexibility index (Phi) is 22.6. The Labute approximate surface area is 306 Å². The van der Waals surface area contributed by atoms with Gasteiger partial charge in [-0.2, -0.15) is 5.26 Å². The highest BCUT2D eigenvalue weighted by Crippen LogP contribution is 2.26. The Bertz CT molecular complexity index is 1510. The van der Waals surface area contributed by atoms with Gasteiger partial charge in [-0.15, -0.1) is 0 Å². The zero-order valence-corrected chi connectivity index (χ0v) is 31.9. The predicted octanol–water partition coefficient (Wildman–Crippen LogP) is 11.3. The summed E-state index contributed by atoms with van der Waals surface area (Å²) in [5.74, 6) is -10.1. The highest BCUT2D eigenvalue weighted by molar-refractivity contribution is 5.75. The molecule has 0 spiro atoms. The van der Waals surface area contributed by atoms with Gasteiger partial charge in [-0.25, -0.2) is 22.0 Å². The van der Waals surface area contributed by atoms with E-state index in [0.29, 0.717) is 18.3 Å². The van der Waals surface area contributed by atoms with Gasteiger partial charge in [-0.05, 0) is 74.6 Å². The van der Waals surface area contributed by atoms with Crippen LogP contribution in [0.4, 0.5) is 27.6 Å². The lowest BCUT2D eigenvalue weighted by atomic mass is 9.91. The third kappa shape index (κ3) is 16.3. The first-order chi connectivity index (χ1) is 24.4. The van der Waals surface area contributed by atoms with Gasteiger partial charge in [0.2, 0.25) is 5.82 Å². The number of carbonyl (C=O) groups excluding carboxylic acids is 2. The minimum absolute atomic E-state index is 0.0475. The molecule has 2 N–H and O–H groups in total. The van der Waals surface area contributed by atoms with Crippen molar-refractivity contribution in [1.82, 2.24) is 0 Å². The average molecular weight is 735 g/mol. The molecule has 0 bridgehead atoms. The maximum atomic E-state index is 13.3. The van der Waals surface area contributed by atoms with Crippen molar-refractivity contribution in [2.24, 2.45) is 11.3 Å². The minimum atomic E-state index is -2.25. The minimum Gasteiger partial charge on any atom is -0.464 e. The van der Waals surface area contributed by atoms with Crippen LogP contribution in [0.5, 0.6) is 0 Å². The normalized spacial score (nSPS) is 12.2. The van der Waals surface area contributed by atoms with Crippen molar-refractivity contribution in [1.29, 1.82) is 5.26 Å². The molecule has 3 rings (SSSR count). The molecule has 11 heteroatoms. The SMILES string of the molecule is CCC(C)(C)C(=O)OCc1c(F)c(F)c(F)c(F)c1F.CCC(C)C(=O)OCCC#N.CCC(C)c1ccc(N)cc1.CCC(C)c1ccccc1. The van der Waals surface area contributed by atoms with E-state index in [1.54, 1.807) is 6.92 Å². The molecule has 0 fully saturated rings. The first kappa shape index (κ1) is 47.5. The monoisotopic (exact) mass is 734 g/mol. The van der Waals surface area contributed by atoms with E-state index in [9.17, 15) is 31.5 Å². The summed E-state index contributed by atoms with van der Waals surface area (Å²) in [6.07, 6.45) is 3.87. The molecule has 0 aliphatic heterocycles. The van der Waals surface area contributed by atoms with Gasteiger partial charge in [0, 0.05) is 5.69 Å². The number of hydrogen-bond donors (Lipinski definition) is 1. The summed E-state index contributed by atoms with van der Waals surface area (Å²) in [4.78, 5) is 22.5. The fraction of sp³-hybridized carbons (Fsp3) is 0.488. The Morgan fingerprint density at radius 1 is 0.731 bits per heavy atom. The van der Waals surface area contributed by atoms with Gasteiger partial charge in [-0.3, -0.25) is 9.59 Å². The Morgan fingerprint density at radius 3 is 1.62 bits per heavy atom. The molecule has 3 aromatic rings.